The van der Waals surface area contributed by atoms with Gasteiger partial charge in [0, 0.05) is 11.1 Å². The molecule has 0 rings (SSSR count). The van der Waals surface area contributed by atoms with E-state index in [0.717, 1.165) is 36.8 Å². The SMILES string of the molecule is CCC(CC)=C(C)C(=O)O[PH](=O)OC(=O)C(C)=C(CC)CC. The normalized spacial score (nSPS) is 10.1. The van der Waals surface area contributed by atoms with Gasteiger partial charge in [0.15, 0.2) is 0 Å². The Morgan fingerprint density at radius 3 is 1.23 bits per heavy atom. The van der Waals surface area contributed by atoms with Crippen LogP contribution in [-0.4, -0.2) is 11.9 Å². The quantitative estimate of drug-likeness (QED) is 0.475. The molecule has 0 aromatic carbocycles. The zero-order chi connectivity index (χ0) is 17.3. The molecule has 0 saturated carbocycles. The molecule has 0 aliphatic rings. The molecule has 6 heteroatoms. The first-order valence-corrected chi connectivity index (χ1v) is 8.90. The van der Waals surface area contributed by atoms with Gasteiger partial charge in [0.1, 0.15) is 0 Å². The molecule has 0 heterocycles. The molecule has 0 radical (unpaired) electrons. The summed E-state index contributed by atoms with van der Waals surface area (Å²) in [7, 11) is -3.19. The molecule has 0 aliphatic carbocycles. The summed E-state index contributed by atoms with van der Waals surface area (Å²) in [6.07, 6.45) is 2.87. The van der Waals surface area contributed by atoms with Crippen LogP contribution >= 0.6 is 8.25 Å². The van der Waals surface area contributed by atoms with E-state index in [1.807, 2.05) is 27.7 Å². The van der Waals surface area contributed by atoms with Gasteiger partial charge < -0.3 is 9.05 Å². The van der Waals surface area contributed by atoms with Crippen LogP contribution < -0.4 is 0 Å². The zero-order valence-corrected chi connectivity index (χ0v) is 15.4. The fourth-order valence-electron chi connectivity index (χ4n) is 2.17. The van der Waals surface area contributed by atoms with Gasteiger partial charge in [-0.3, -0.25) is 0 Å². The third-order valence-electron chi connectivity index (χ3n) is 3.73. The molecule has 0 bridgehead atoms. The first-order valence-electron chi connectivity index (χ1n) is 7.67. The van der Waals surface area contributed by atoms with Gasteiger partial charge in [-0.05, 0) is 39.5 Å². The topological polar surface area (TPSA) is 69.7 Å². The summed E-state index contributed by atoms with van der Waals surface area (Å²) >= 11 is 0. The number of allylic oxidation sites excluding steroid dienone is 2. The van der Waals surface area contributed by atoms with Crippen molar-refractivity contribution in [2.24, 2.45) is 0 Å². The van der Waals surface area contributed by atoms with Gasteiger partial charge >= 0.3 is 20.2 Å². The average molecular weight is 330 g/mol. The van der Waals surface area contributed by atoms with Gasteiger partial charge in [0.2, 0.25) is 0 Å². The Labute approximate surface area is 133 Å². The van der Waals surface area contributed by atoms with Crippen LogP contribution in [-0.2, 0) is 23.2 Å². The van der Waals surface area contributed by atoms with Crippen molar-refractivity contribution in [3.63, 3.8) is 0 Å². The van der Waals surface area contributed by atoms with Crippen LogP contribution in [0.4, 0.5) is 0 Å². The Balaban J connectivity index is 4.84. The molecule has 0 aromatic heterocycles. The van der Waals surface area contributed by atoms with Crippen LogP contribution in [0.1, 0.15) is 67.2 Å². The van der Waals surface area contributed by atoms with E-state index in [4.69, 9.17) is 9.05 Å². The monoisotopic (exact) mass is 330 g/mol. The number of hydrogen-bond donors (Lipinski definition) is 0. The van der Waals surface area contributed by atoms with Crippen molar-refractivity contribution in [2.45, 2.75) is 67.2 Å². The summed E-state index contributed by atoms with van der Waals surface area (Å²) in [4.78, 5) is 23.7. The minimum absolute atomic E-state index is 0.425. The van der Waals surface area contributed by atoms with Gasteiger partial charge in [0.25, 0.3) is 0 Å². The van der Waals surface area contributed by atoms with Crippen molar-refractivity contribution in [1.82, 2.24) is 0 Å². The Morgan fingerprint density at radius 1 is 0.727 bits per heavy atom. The predicted octanol–water partition coefficient (Wildman–Crippen LogP) is 4.74. The van der Waals surface area contributed by atoms with Crippen molar-refractivity contribution in [3.8, 4) is 0 Å². The Kier molecular flexibility index (Phi) is 9.75. The predicted molar refractivity (Wildman–Crippen MR) is 87.7 cm³/mol. The lowest BCUT2D eigenvalue weighted by Crippen LogP contribution is -2.08. The molecule has 0 amide bonds. The van der Waals surface area contributed by atoms with Gasteiger partial charge in [-0.15, -0.1) is 0 Å². The van der Waals surface area contributed by atoms with Crippen LogP contribution in [0.5, 0.6) is 0 Å². The molecule has 0 aliphatic heterocycles. The van der Waals surface area contributed by atoms with Crippen molar-refractivity contribution < 1.29 is 23.2 Å². The van der Waals surface area contributed by atoms with Crippen LogP contribution in [0.15, 0.2) is 22.3 Å². The first kappa shape index (κ1) is 20.6. The summed E-state index contributed by atoms with van der Waals surface area (Å²) in [5.41, 5.74) is 2.71. The van der Waals surface area contributed by atoms with E-state index in [9.17, 15) is 14.2 Å². The van der Waals surface area contributed by atoms with Crippen molar-refractivity contribution in [3.05, 3.63) is 22.3 Å². The summed E-state index contributed by atoms with van der Waals surface area (Å²) in [5, 5.41) is 0. The lowest BCUT2D eigenvalue weighted by molar-refractivity contribution is -0.133. The molecule has 0 fully saturated rings. The van der Waals surface area contributed by atoms with Crippen molar-refractivity contribution >= 4 is 20.2 Å². The second-order valence-corrected chi connectivity index (χ2v) is 5.81. The van der Waals surface area contributed by atoms with Crippen LogP contribution in [0.25, 0.3) is 0 Å². The molecule has 0 aromatic rings. The Morgan fingerprint density at radius 2 is 1.00 bits per heavy atom. The van der Waals surface area contributed by atoms with Crippen LogP contribution in [0, 0.1) is 0 Å². The van der Waals surface area contributed by atoms with Gasteiger partial charge in [0.05, 0.1) is 0 Å². The summed E-state index contributed by atoms with van der Waals surface area (Å²) in [6, 6.07) is 0. The average Bonchev–Trinajstić information content (AvgIpc) is 2.49. The summed E-state index contributed by atoms with van der Waals surface area (Å²) in [5.74, 6) is -1.38. The van der Waals surface area contributed by atoms with Crippen molar-refractivity contribution in [1.29, 1.82) is 0 Å². The maximum atomic E-state index is 11.9. The standard InChI is InChI=1S/C16H27O5P/c1-7-13(8-2)11(5)15(17)20-22(19)21-16(18)12(6)14(9-3)10-4/h22H,7-10H2,1-6H3. The fraction of sp³-hybridized carbons (Fsp3) is 0.625. The molecule has 0 spiro atoms. The Bertz CT molecular complexity index is 447. The minimum atomic E-state index is -3.19. The lowest BCUT2D eigenvalue weighted by Gasteiger charge is -2.10. The molecule has 126 valence electrons. The largest absolute Gasteiger partial charge is 0.423 e. The summed E-state index contributed by atoms with van der Waals surface area (Å²) in [6.45, 7) is 11.0. The molecule has 5 nitrogen and oxygen atoms in total. The molecule has 0 saturated heterocycles. The van der Waals surface area contributed by atoms with E-state index < -0.39 is 20.2 Å². The first-order chi connectivity index (χ1) is 10.3. The van der Waals surface area contributed by atoms with Crippen LogP contribution in [0.2, 0.25) is 0 Å². The molecular weight excluding hydrogens is 303 g/mol. The third-order valence-corrected chi connectivity index (χ3v) is 4.44. The van der Waals surface area contributed by atoms with E-state index in [1.54, 1.807) is 13.8 Å². The van der Waals surface area contributed by atoms with E-state index in [2.05, 4.69) is 0 Å². The minimum Gasteiger partial charge on any atom is -0.381 e. The highest BCUT2D eigenvalue weighted by molar-refractivity contribution is 7.34. The van der Waals surface area contributed by atoms with E-state index in [1.165, 1.54) is 0 Å². The highest BCUT2D eigenvalue weighted by Gasteiger charge is 2.18. The molecule has 0 atom stereocenters. The highest BCUT2D eigenvalue weighted by atomic mass is 31.1. The zero-order valence-electron chi connectivity index (χ0n) is 14.4. The van der Waals surface area contributed by atoms with Crippen LogP contribution in [0.3, 0.4) is 0 Å². The maximum Gasteiger partial charge on any atom is 0.423 e. The fourth-order valence-corrected chi connectivity index (χ4v) is 2.83. The number of rotatable bonds is 8. The smallest absolute Gasteiger partial charge is 0.381 e. The van der Waals surface area contributed by atoms with Gasteiger partial charge in [-0.2, -0.15) is 0 Å². The molecule has 0 N–H and O–H groups in total. The summed E-state index contributed by atoms with van der Waals surface area (Å²) < 4.78 is 21.2. The van der Waals surface area contributed by atoms with Gasteiger partial charge in [-0.1, -0.05) is 38.8 Å². The number of hydrogen-bond acceptors (Lipinski definition) is 5. The molecular formula is C16H27O5P. The second-order valence-electron chi connectivity index (χ2n) is 4.90. The second kappa shape index (κ2) is 10.4. The third kappa shape index (κ3) is 6.18. The number of carbonyl (C=O) groups is 2. The lowest BCUT2D eigenvalue weighted by atomic mass is 10.1. The van der Waals surface area contributed by atoms with Crippen molar-refractivity contribution in [2.75, 3.05) is 0 Å². The highest BCUT2D eigenvalue weighted by Crippen LogP contribution is 2.29. The molecule has 0 unspecified atom stereocenters. The maximum absolute atomic E-state index is 11.9. The van der Waals surface area contributed by atoms with E-state index >= 15 is 0 Å². The van der Waals surface area contributed by atoms with Gasteiger partial charge in [-0.25, -0.2) is 14.2 Å². The number of carbonyl (C=O) groups excluding carboxylic acids is 2. The molecule has 22 heavy (non-hydrogen) atoms. The van der Waals surface area contributed by atoms with E-state index in [-0.39, 0.29) is 0 Å². The Hall–Kier alpha value is -1.35. The van der Waals surface area contributed by atoms with E-state index in [0.29, 0.717) is 11.1 Å².